The van der Waals surface area contributed by atoms with Crippen LogP contribution in [-0.4, -0.2) is 33.2 Å². The fourth-order valence-corrected chi connectivity index (χ4v) is 5.27. The monoisotopic (exact) mass is 463 g/mol. The zero-order chi connectivity index (χ0) is 22.2. The molecule has 0 radical (unpaired) electrons. The van der Waals surface area contributed by atoms with Crippen molar-refractivity contribution < 1.29 is 25.6 Å². The highest BCUT2D eigenvalue weighted by Gasteiger charge is 2.39. The summed E-state index contributed by atoms with van der Waals surface area (Å²) < 4.78 is 71.6. The van der Waals surface area contributed by atoms with E-state index in [0.29, 0.717) is 22.7 Å². The molecular weight excluding hydrogens is 445 g/mol. The lowest BCUT2D eigenvalue weighted by Crippen LogP contribution is -2.27. The quantitative estimate of drug-likeness (QED) is 0.603. The second kappa shape index (κ2) is 7.82. The van der Waals surface area contributed by atoms with Crippen LogP contribution in [0.4, 0.5) is 10.1 Å². The van der Waals surface area contributed by atoms with Gasteiger partial charge in [0, 0.05) is 12.1 Å². The number of anilines is 1. The first-order valence-electron chi connectivity index (χ1n) is 9.12. The average Bonchev–Trinajstić information content (AvgIpc) is 3.37. The van der Waals surface area contributed by atoms with Crippen LogP contribution in [-0.2, 0) is 20.0 Å². The lowest BCUT2D eigenvalue weighted by atomic mass is 10.0. The summed E-state index contributed by atoms with van der Waals surface area (Å²) in [5.41, 5.74) is 1.46. The molecule has 11 heteroatoms. The van der Waals surface area contributed by atoms with E-state index < -0.39 is 31.9 Å². The number of nitrogens with one attached hydrogen (secondary N) is 1. The van der Waals surface area contributed by atoms with E-state index in [1.54, 1.807) is 36.4 Å². The number of hydrazone groups is 1. The third-order valence-corrected chi connectivity index (χ3v) is 6.89. The van der Waals surface area contributed by atoms with Crippen LogP contribution in [0.2, 0.25) is 0 Å². The molecule has 1 aromatic heterocycles. The van der Waals surface area contributed by atoms with E-state index in [2.05, 4.69) is 9.82 Å². The molecule has 162 valence electrons. The lowest BCUT2D eigenvalue weighted by molar-refractivity contribution is 0.320. The molecule has 1 unspecified atom stereocenters. The maximum absolute atomic E-state index is 13.7. The van der Waals surface area contributed by atoms with E-state index in [-0.39, 0.29) is 11.3 Å². The summed E-state index contributed by atoms with van der Waals surface area (Å²) in [6, 6.07) is 13.7. The summed E-state index contributed by atoms with van der Waals surface area (Å²) >= 11 is 0. The highest BCUT2D eigenvalue weighted by molar-refractivity contribution is 7.92. The second-order valence-electron chi connectivity index (χ2n) is 6.97. The molecule has 8 nitrogen and oxygen atoms in total. The summed E-state index contributed by atoms with van der Waals surface area (Å²) in [5.74, 6) is -0.276. The highest BCUT2D eigenvalue weighted by Crippen LogP contribution is 2.37. The molecular formula is C20H18FN3O5S2. The van der Waals surface area contributed by atoms with Crippen LogP contribution in [0.25, 0.3) is 0 Å². The molecule has 0 saturated carbocycles. The Hall–Kier alpha value is -3.18. The van der Waals surface area contributed by atoms with Crippen LogP contribution in [0.3, 0.4) is 0 Å². The number of hydrogen-bond donors (Lipinski definition) is 1. The SMILES string of the molecule is CS(=O)(=O)Nc1ccc(C2=NN(S(=O)(=O)c3cccc(F)c3)C(c3ccco3)C2)cc1. The van der Waals surface area contributed by atoms with Crippen molar-refractivity contribution in [3.05, 3.63) is 84.1 Å². The van der Waals surface area contributed by atoms with E-state index in [1.807, 2.05) is 0 Å². The number of sulfonamides is 2. The average molecular weight is 464 g/mol. The highest BCUT2D eigenvalue weighted by atomic mass is 32.2. The van der Waals surface area contributed by atoms with Gasteiger partial charge in [-0.2, -0.15) is 17.9 Å². The van der Waals surface area contributed by atoms with Gasteiger partial charge in [-0.05, 0) is 48.0 Å². The lowest BCUT2D eigenvalue weighted by Gasteiger charge is -2.21. The van der Waals surface area contributed by atoms with Crippen LogP contribution in [0.5, 0.6) is 0 Å². The molecule has 0 fully saturated rings. The number of halogens is 1. The van der Waals surface area contributed by atoms with Crippen molar-refractivity contribution >= 4 is 31.4 Å². The molecule has 0 bridgehead atoms. The third kappa shape index (κ3) is 4.47. The van der Waals surface area contributed by atoms with Gasteiger partial charge in [-0.3, -0.25) is 4.72 Å². The van der Waals surface area contributed by atoms with E-state index in [1.165, 1.54) is 18.4 Å². The minimum Gasteiger partial charge on any atom is -0.467 e. The van der Waals surface area contributed by atoms with Gasteiger partial charge >= 0.3 is 0 Å². The van der Waals surface area contributed by atoms with Crippen LogP contribution in [0.1, 0.15) is 23.8 Å². The molecule has 31 heavy (non-hydrogen) atoms. The second-order valence-corrected chi connectivity index (χ2v) is 10.5. The smallest absolute Gasteiger partial charge is 0.279 e. The Morgan fingerprint density at radius 1 is 1.06 bits per heavy atom. The van der Waals surface area contributed by atoms with Crippen LogP contribution < -0.4 is 4.72 Å². The zero-order valence-electron chi connectivity index (χ0n) is 16.3. The number of rotatable bonds is 6. The Kier molecular flexibility index (Phi) is 5.31. The van der Waals surface area contributed by atoms with Gasteiger partial charge in [0.2, 0.25) is 10.0 Å². The Labute approximate surface area is 179 Å². The normalized spacial score (nSPS) is 16.9. The molecule has 4 rings (SSSR count). The first kappa shape index (κ1) is 21.1. The summed E-state index contributed by atoms with van der Waals surface area (Å²) in [6.45, 7) is 0. The third-order valence-electron chi connectivity index (χ3n) is 4.61. The molecule has 2 aromatic carbocycles. The Balaban J connectivity index is 1.72. The van der Waals surface area contributed by atoms with E-state index in [4.69, 9.17) is 4.42 Å². The van der Waals surface area contributed by atoms with E-state index >= 15 is 0 Å². The molecule has 1 aliphatic heterocycles. The van der Waals surface area contributed by atoms with Gasteiger partial charge in [-0.25, -0.2) is 12.8 Å². The minimum absolute atomic E-state index is 0.221. The predicted octanol–water partition coefficient (Wildman–Crippen LogP) is 3.33. The van der Waals surface area contributed by atoms with Gasteiger partial charge < -0.3 is 4.42 Å². The van der Waals surface area contributed by atoms with E-state index in [9.17, 15) is 21.2 Å². The Morgan fingerprint density at radius 3 is 2.42 bits per heavy atom. The maximum Gasteiger partial charge on any atom is 0.279 e. The fraction of sp³-hybridized carbons (Fsp3) is 0.150. The van der Waals surface area contributed by atoms with Crippen molar-refractivity contribution in [1.29, 1.82) is 0 Å². The van der Waals surface area contributed by atoms with Crippen molar-refractivity contribution in [2.45, 2.75) is 17.4 Å². The number of hydrogen-bond acceptors (Lipinski definition) is 6. The van der Waals surface area contributed by atoms with Crippen LogP contribution >= 0.6 is 0 Å². The van der Waals surface area contributed by atoms with Gasteiger partial charge in [0.05, 0.1) is 23.1 Å². The van der Waals surface area contributed by atoms with Crippen LogP contribution in [0.15, 0.2) is 81.3 Å². The standard InChI is InChI=1S/C20H18FN3O5S2/c1-30(25,26)23-16-9-7-14(8-10-16)18-13-19(20-6-3-11-29-20)24(22-18)31(27,28)17-5-2-4-15(21)12-17/h2-12,19,23H,13H2,1H3. The fourth-order valence-electron chi connectivity index (χ4n) is 3.26. The van der Waals surface area contributed by atoms with Gasteiger partial charge in [0.1, 0.15) is 17.6 Å². The molecule has 0 saturated heterocycles. The number of nitrogens with zero attached hydrogens (tertiary/aromatic N) is 2. The number of benzene rings is 2. The summed E-state index contributed by atoms with van der Waals surface area (Å²) in [7, 11) is -7.58. The summed E-state index contributed by atoms with van der Waals surface area (Å²) in [4.78, 5) is -0.221. The van der Waals surface area contributed by atoms with Gasteiger partial charge in [-0.1, -0.05) is 18.2 Å². The predicted molar refractivity (Wildman–Crippen MR) is 113 cm³/mol. The van der Waals surface area contributed by atoms with Crippen LogP contribution in [0, 0.1) is 5.82 Å². The van der Waals surface area contributed by atoms with Crippen molar-refractivity contribution in [3.8, 4) is 0 Å². The van der Waals surface area contributed by atoms with Crippen molar-refractivity contribution in [2.24, 2.45) is 5.10 Å². The van der Waals surface area contributed by atoms with E-state index in [0.717, 1.165) is 22.8 Å². The summed E-state index contributed by atoms with van der Waals surface area (Å²) in [6.07, 6.45) is 2.71. The topological polar surface area (TPSA) is 109 Å². The first-order chi connectivity index (χ1) is 14.6. The molecule has 0 spiro atoms. The van der Waals surface area contributed by atoms with Gasteiger partial charge in [0.15, 0.2) is 0 Å². The van der Waals surface area contributed by atoms with Crippen molar-refractivity contribution in [2.75, 3.05) is 11.0 Å². The summed E-state index contributed by atoms with van der Waals surface area (Å²) in [5, 5.41) is 4.32. The molecule has 1 N–H and O–H groups in total. The molecule has 2 heterocycles. The van der Waals surface area contributed by atoms with Gasteiger partial charge in [-0.15, -0.1) is 0 Å². The minimum atomic E-state index is -4.16. The zero-order valence-corrected chi connectivity index (χ0v) is 17.9. The molecule has 1 aliphatic rings. The van der Waals surface area contributed by atoms with Crippen molar-refractivity contribution in [3.63, 3.8) is 0 Å². The maximum atomic E-state index is 13.7. The molecule has 0 aliphatic carbocycles. The van der Waals surface area contributed by atoms with Gasteiger partial charge in [0.25, 0.3) is 10.0 Å². The molecule has 1 atom stereocenters. The Bertz CT molecular complexity index is 1340. The van der Waals surface area contributed by atoms with Crippen molar-refractivity contribution in [1.82, 2.24) is 4.41 Å². The molecule has 0 amide bonds. The number of furan rings is 1. The molecule has 3 aromatic rings. The Morgan fingerprint density at radius 2 is 1.81 bits per heavy atom. The first-order valence-corrected chi connectivity index (χ1v) is 12.5. The largest absolute Gasteiger partial charge is 0.467 e.